The number of carbonyl (C=O) groups excluding carboxylic acids is 1. The second kappa shape index (κ2) is 4.98. The van der Waals surface area contributed by atoms with Crippen LogP contribution in [0.25, 0.3) is 0 Å². The van der Waals surface area contributed by atoms with Crippen LogP contribution < -0.4 is 5.32 Å². The summed E-state index contributed by atoms with van der Waals surface area (Å²) in [6, 6.07) is 0. The molecule has 1 rings (SSSR count). The molecule has 0 radical (unpaired) electrons. The molecule has 0 aliphatic heterocycles. The largest absolute Gasteiger partial charge is 0.465 e. The Labute approximate surface area is 83.7 Å². The van der Waals surface area contributed by atoms with Crippen LogP contribution in [0.3, 0.4) is 0 Å². The smallest absolute Gasteiger partial charge is 0.404 e. The van der Waals surface area contributed by atoms with Crippen molar-refractivity contribution in [2.75, 3.05) is 6.54 Å². The first-order chi connectivity index (χ1) is 6.59. The normalized spacial score (nSPS) is 17.5. The van der Waals surface area contributed by atoms with Crippen LogP contribution in [0.1, 0.15) is 32.6 Å². The van der Waals surface area contributed by atoms with E-state index in [9.17, 15) is 9.59 Å². The van der Waals surface area contributed by atoms with E-state index in [0.29, 0.717) is 24.7 Å². The molecule has 0 aromatic rings. The number of Topliss-reactive ketones (excluding diaryl/α,β-unsaturated/α-hetero) is 1. The molecule has 1 atom stereocenters. The fraction of sp³-hybridized carbons (Fsp3) is 0.800. The van der Waals surface area contributed by atoms with Crippen LogP contribution in [0.2, 0.25) is 0 Å². The molecule has 0 bridgehead atoms. The summed E-state index contributed by atoms with van der Waals surface area (Å²) in [6.45, 7) is 2.39. The van der Waals surface area contributed by atoms with Gasteiger partial charge >= 0.3 is 6.09 Å². The minimum Gasteiger partial charge on any atom is -0.465 e. The van der Waals surface area contributed by atoms with Gasteiger partial charge in [-0.3, -0.25) is 4.79 Å². The van der Waals surface area contributed by atoms with Gasteiger partial charge in [-0.05, 0) is 25.2 Å². The number of amides is 1. The van der Waals surface area contributed by atoms with Gasteiger partial charge in [0.05, 0.1) is 0 Å². The number of hydrogen-bond donors (Lipinski definition) is 2. The van der Waals surface area contributed by atoms with Gasteiger partial charge in [0.1, 0.15) is 5.78 Å². The van der Waals surface area contributed by atoms with Crippen molar-refractivity contribution in [3.05, 3.63) is 0 Å². The Hall–Kier alpha value is -1.06. The summed E-state index contributed by atoms with van der Waals surface area (Å²) >= 11 is 0. The molecule has 80 valence electrons. The molecule has 0 unspecified atom stereocenters. The summed E-state index contributed by atoms with van der Waals surface area (Å²) in [7, 11) is 0. The zero-order valence-corrected chi connectivity index (χ0v) is 8.45. The van der Waals surface area contributed by atoms with E-state index >= 15 is 0 Å². The van der Waals surface area contributed by atoms with E-state index in [2.05, 4.69) is 5.32 Å². The average Bonchev–Trinajstić information content (AvgIpc) is 2.93. The molecule has 4 heteroatoms. The molecular formula is C10H17NO3. The maximum atomic E-state index is 11.3. The Kier molecular flexibility index (Phi) is 3.92. The Balaban J connectivity index is 2.04. The minimum absolute atomic E-state index is 0.244. The van der Waals surface area contributed by atoms with Gasteiger partial charge in [0.25, 0.3) is 0 Å². The highest BCUT2D eigenvalue weighted by Crippen LogP contribution is 2.31. The van der Waals surface area contributed by atoms with Crippen LogP contribution in [-0.4, -0.2) is 23.5 Å². The third-order valence-electron chi connectivity index (χ3n) is 2.52. The van der Waals surface area contributed by atoms with Gasteiger partial charge < -0.3 is 10.4 Å². The molecule has 14 heavy (non-hydrogen) atoms. The molecule has 0 saturated heterocycles. The van der Waals surface area contributed by atoms with Crippen LogP contribution in [0, 0.1) is 11.8 Å². The van der Waals surface area contributed by atoms with Gasteiger partial charge in [-0.1, -0.05) is 6.92 Å². The maximum Gasteiger partial charge on any atom is 0.404 e. The van der Waals surface area contributed by atoms with E-state index in [1.54, 1.807) is 0 Å². The van der Waals surface area contributed by atoms with Crippen LogP contribution in [-0.2, 0) is 4.79 Å². The Morgan fingerprint density at radius 1 is 1.50 bits per heavy atom. The summed E-state index contributed by atoms with van der Waals surface area (Å²) in [6.07, 6.45) is 2.51. The topological polar surface area (TPSA) is 66.4 Å². The first kappa shape index (κ1) is 11.0. The minimum atomic E-state index is -0.995. The molecular weight excluding hydrogens is 182 g/mol. The number of nitrogens with one attached hydrogen (secondary N) is 1. The van der Waals surface area contributed by atoms with E-state index in [4.69, 9.17) is 5.11 Å². The molecule has 0 spiro atoms. The molecule has 4 nitrogen and oxygen atoms in total. The highest BCUT2D eigenvalue weighted by Gasteiger charge is 2.28. The maximum absolute atomic E-state index is 11.3. The Morgan fingerprint density at radius 2 is 2.14 bits per heavy atom. The molecule has 0 heterocycles. The monoisotopic (exact) mass is 199 g/mol. The van der Waals surface area contributed by atoms with Gasteiger partial charge in [-0.25, -0.2) is 4.79 Å². The number of carbonyl (C=O) groups is 2. The third kappa shape index (κ3) is 4.25. The number of hydrogen-bond acceptors (Lipinski definition) is 2. The molecule has 2 N–H and O–H groups in total. The van der Waals surface area contributed by atoms with Gasteiger partial charge in [0.15, 0.2) is 0 Å². The zero-order valence-electron chi connectivity index (χ0n) is 8.45. The molecule has 1 aliphatic carbocycles. The van der Waals surface area contributed by atoms with Crippen molar-refractivity contribution in [1.82, 2.24) is 5.32 Å². The average molecular weight is 199 g/mol. The van der Waals surface area contributed by atoms with E-state index in [0.717, 1.165) is 19.3 Å². The van der Waals surface area contributed by atoms with Crippen LogP contribution in [0.15, 0.2) is 0 Å². The molecule has 1 fully saturated rings. The lowest BCUT2D eigenvalue weighted by Gasteiger charge is -2.09. The Morgan fingerprint density at radius 3 is 2.64 bits per heavy atom. The van der Waals surface area contributed by atoms with Crippen molar-refractivity contribution in [2.24, 2.45) is 11.8 Å². The quantitative estimate of drug-likeness (QED) is 0.683. The lowest BCUT2D eigenvalue weighted by Crippen LogP contribution is -2.26. The Bertz CT molecular complexity index is 223. The molecule has 1 aliphatic rings. The summed E-state index contributed by atoms with van der Waals surface area (Å²) in [5, 5.41) is 10.7. The van der Waals surface area contributed by atoms with Crippen molar-refractivity contribution in [1.29, 1.82) is 0 Å². The highest BCUT2D eigenvalue weighted by atomic mass is 16.4. The lowest BCUT2D eigenvalue weighted by atomic mass is 10.0. The van der Waals surface area contributed by atoms with Gasteiger partial charge in [0.2, 0.25) is 0 Å². The predicted octanol–water partition coefficient (Wildman–Crippen LogP) is 1.65. The predicted molar refractivity (Wildman–Crippen MR) is 52.2 cm³/mol. The van der Waals surface area contributed by atoms with Gasteiger partial charge in [-0.2, -0.15) is 0 Å². The van der Waals surface area contributed by atoms with Crippen molar-refractivity contribution in [3.63, 3.8) is 0 Å². The van der Waals surface area contributed by atoms with Crippen molar-refractivity contribution < 1.29 is 14.7 Å². The molecule has 0 aromatic carbocycles. The first-order valence-electron chi connectivity index (χ1n) is 5.09. The van der Waals surface area contributed by atoms with E-state index in [1.807, 2.05) is 6.92 Å². The van der Waals surface area contributed by atoms with E-state index < -0.39 is 6.09 Å². The fourth-order valence-corrected chi connectivity index (χ4v) is 1.36. The zero-order chi connectivity index (χ0) is 10.6. The van der Waals surface area contributed by atoms with Gasteiger partial charge in [-0.15, -0.1) is 0 Å². The van der Waals surface area contributed by atoms with Gasteiger partial charge in [0, 0.05) is 18.9 Å². The van der Waals surface area contributed by atoms with E-state index in [1.165, 1.54) is 0 Å². The second-order valence-corrected chi connectivity index (χ2v) is 4.07. The molecule has 0 aromatic heterocycles. The molecule has 1 amide bonds. The second-order valence-electron chi connectivity index (χ2n) is 4.07. The lowest BCUT2D eigenvalue weighted by molar-refractivity contribution is -0.120. The first-order valence-corrected chi connectivity index (χ1v) is 5.09. The van der Waals surface area contributed by atoms with Crippen molar-refractivity contribution in [2.45, 2.75) is 32.6 Å². The number of ketones is 1. The number of carboxylic acid groups (broad SMARTS) is 1. The van der Waals surface area contributed by atoms with Crippen LogP contribution in [0.4, 0.5) is 4.79 Å². The van der Waals surface area contributed by atoms with Crippen molar-refractivity contribution >= 4 is 11.9 Å². The van der Waals surface area contributed by atoms with E-state index in [-0.39, 0.29) is 5.92 Å². The van der Waals surface area contributed by atoms with Crippen LogP contribution >= 0.6 is 0 Å². The summed E-state index contributed by atoms with van der Waals surface area (Å²) < 4.78 is 0. The highest BCUT2D eigenvalue weighted by molar-refractivity contribution is 5.83. The fourth-order valence-electron chi connectivity index (χ4n) is 1.36. The van der Waals surface area contributed by atoms with Crippen molar-refractivity contribution in [3.8, 4) is 0 Å². The summed E-state index contributed by atoms with van der Waals surface area (Å²) in [5.41, 5.74) is 0. The standard InChI is InChI=1S/C10H17NO3/c1-7(6-11-10(13)14)2-5-9(12)8-3-4-8/h7-8,11H,2-6H2,1H3,(H,13,14)/t7-/m0/s1. The third-order valence-corrected chi connectivity index (χ3v) is 2.52. The van der Waals surface area contributed by atoms with Crippen LogP contribution in [0.5, 0.6) is 0 Å². The molecule has 1 saturated carbocycles. The number of rotatable bonds is 6. The summed E-state index contributed by atoms with van der Waals surface area (Å²) in [5.74, 6) is 0.926. The SMILES string of the molecule is C[C@@H](CCC(=O)C1CC1)CNC(=O)O. The summed E-state index contributed by atoms with van der Waals surface area (Å²) in [4.78, 5) is 21.5.